The first kappa shape index (κ1) is 11.9. The predicted molar refractivity (Wildman–Crippen MR) is 65.2 cm³/mol. The van der Waals surface area contributed by atoms with Gasteiger partial charge in [-0.05, 0) is 45.1 Å². The Labute approximate surface area is 98.6 Å². The van der Waals surface area contributed by atoms with E-state index in [0.717, 1.165) is 44.9 Å². The minimum Gasteiger partial charge on any atom is -0.342 e. The van der Waals surface area contributed by atoms with E-state index in [4.69, 9.17) is 0 Å². The van der Waals surface area contributed by atoms with Crippen LogP contribution in [0.4, 0.5) is 0 Å². The van der Waals surface area contributed by atoms with E-state index in [2.05, 4.69) is 17.1 Å². The SMILES string of the molecule is CCN(CC1CCC1)C(=O)[C@H]1CCCNC1. The molecule has 2 fully saturated rings. The van der Waals surface area contributed by atoms with Gasteiger partial charge in [0.1, 0.15) is 0 Å². The van der Waals surface area contributed by atoms with Gasteiger partial charge in [0.25, 0.3) is 0 Å². The number of hydrogen-bond donors (Lipinski definition) is 1. The van der Waals surface area contributed by atoms with Gasteiger partial charge >= 0.3 is 0 Å². The van der Waals surface area contributed by atoms with E-state index in [1.807, 2.05) is 0 Å². The summed E-state index contributed by atoms with van der Waals surface area (Å²) in [7, 11) is 0. The zero-order valence-corrected chi connectivity index (χ0v) is 10.4. The summed E-state index contributed by atoms with van der Waals surface area (Å²) in [5.74, 6) is 1.43. The van der Waals surface area contributed by atoms with Crippen LogP contribution in [0.1, 0.15) is 39.0 Å². The van der Waals surface area contributed by atoms with Crippen molar-refractivity contribution in [1.82, 2.24) is 10.2 Å². The lowest BCUT2D eigenvalue weighted by atomic mass is 9.84. The zero-order valence-electron chi connectivity index (χ0n) is 10.4. The van der Waals surface area contributed by atoms with Crippen molar-refractivity contribution in [1.29, 1.82) is 0 Å². The number of rotatable bonds is 4. The van der Waals surface area contributed by atoms with Crippen molar-refractivity contribution in [2.45, 2.75) is 39.0 Å². The smallest absolute Gasteiger partial charge is 0.226 e. The molecule has 2 aliphatic rings. The number of amides is 1. The van der Waals surface area contributed by atoms with Crippen molar-refractivity contribution in [3.05, 3.63) is 0 Å². The van der Waals surface area contributed by atoms with Crippen LogP contribution in [-0.4, -0.2) is 37.0 Å². The molecule has 16 heavy (non-hydrogen) atoms. The summed E-state index contributed by atoms with van der Waals surface area (Å²) in [4.78, 5) is 14.4. The minimum atomic E-state index is 0.244. The van der Waals surface area contributed by atoms with E-state index in [-0.39, 0.29) is 5.92 Å². The molecule has 0 bridgehead atoms. The Morgan fingerprint density at radius 1 is 1.31 bits per heavy atom. The summed E-state index contributed by atoms with van der Waals surface area (Å²) in [5, 5.41) is 3.33. The summed E-state index contributed by atoms with van der Waals surface area (Å²) in [5.41, 5.74) is 0. The summed E-state index contributed by atoms with van der Waals surface area (Å²) >= 11 is 0. The summed E-state index contributed by atoms with van der Waals surface area (Å²) in [6, 6.07) is 0. The molecule has 1 atom stereocenters. The normalized spacial score (nSPS) is 26.2. The number of piperidine rings is 1. The van der Waals surface area contributed by atoms with Gasteiger partial charge in [0.15, 0.2) is 0 Å². The largest absolute Gasteiger partial charge is 0.342 e. The molecular weight excluding hydrogens is 200 g/mol. The van der Waals surface area contributed by atoms with Crippen LogP contribution in [0, 0.1) is 11.8 Å². The molecule has 1 aliphatic carbocycles. The van der Waals surface area contributed by atoms with E-state index in [1.165, 1.54) is 19.3 Å². The molecule has 1 saturated heterocycles. The van der Waals surface area contributed by atoms with Gasteiger partial charge in [0.2, 0.25) is 5.91 Å². The third-order valence-corrected chi connectivity index (χ3v) is 4.04. The molecule has 1 heterocycles. The van der Waals surface area contributed by atoms with Crippen molar-refractivity contribution in [2.24, 2.45) is 11.8 Å². The molecule has 3 nitrogen and oxygen atoms in total. The number of hydrogen-bond acceptors (Lipinski definition) is 2. The van der Waals surface area contributed by atoms with E-state index < -0.39 is 0 Å². The van der Waals surface area contributed by atoms with Gasteiger partial charge < -0.3 is 10.2 Å². The van der Waals surface area contributed by atoms with Crippen LogP contribution >= 0.6 is 0 Å². The lowest BCUT2D eigenvalue weighted by Gasteiger charge is -2.34. The predicted octanol–water partition coefficient (Wildman–Crippen LogP) is 1.63. The fourth-order valence-corrected chi connectivity index (χ4v) is 2.68. The van der Waals surface area contributed by atoms with Gasteiger partial charge in [-0.25, -0.2) is 0 Å². The fourth-order valence-electron chi connectivity index (χ4n) is 2.68. The Morgan fingerprint density at radius 2 is 2.12 bits per heavy atom. The Kier molecular flexibility index (Phi) is 4.22. The fraction of sp³-hybridized carbons (Fsp3) is 0.923. The molecule has 2 rings (SSSR count). The third-order valence-electron chi connectivity index (χ3n) is 4.04. The monoisotopic (exact) mass is 224 g/mol. The summed E-state index contributed by atoms with van der Waals surface area (Å²) < 4.78 is 0. The molecular formula is C13H24N2O. The molecule has 3 heteroatoms. The van der Waals surface area contributed by atoms with Crippen LogP contribution in [0.2, 0.25) is 0 Å². The Hall–Kier alpha value is -0.570. The average molecular weight is 224 g/mol. The first-order valence-corrected chi connectivity index (χ1v) is 6.80. The second kappa shape index (κ2) is 5.67. The molecule has 0 unspecified atom stereocenters. The van der Waals surface area contributed by atoms with Crippen molar-refractivity contribution >= 4 is 5.91 Å². The van der Waals surface area contributed by atoms with E-state index in [0.29, 0.717) is 5.91 Å². The number of carbonyl (C=O) groups is 1. The van der Waals surface area contributed by atoms with Gasteiger partial charge in [0, 0.05) is 19.6 Å². The van der Waals surface area contributed by atoms with E-state index in [1.54, 1.807) is 0 Å². The maximum absolute atomic E-state index is 12.3. The molecule has 0 aromatic heterocycles. The van der Waals surface area contributed by atoms with Gasteiger partial charge in [-0.2, -0.15) is 0 Å². The quantitative estimate of drug-likeness (QED) is 0.787. The van der Waals surface area contributed by atoms with Crippen LogP contribution in [0.5, 0.6) is 0 Å². The van der Waals surface area contributed by atoms with Crippen molar-refractivity contribution in [3.8, 4) is 0 Å². The van der Waals surface area contributed by atoms with Crippen LogP contribution in [-0.2, 0) is 4.79 Å². The molecule has 92 valence electrons. The van der Waals surface area contributed by atoms with Gasteiger partial charge in [-0.15, -0.1) is 0 Å². The number of nitrogens with one attached hydrogen (secondary N) is 1. The topological polar surface area (TPSA) is 32.3 Å². The number of nitrogens with zero attached hydrogens (tertiary/aromatic N) is 1. The van der Waals surface area contributed by atoms with Crippen LogP contribution in [0.15, 0.2) is 0 Å². The molecule has 0 aromatic carbocycles. The standard InChI is InChI=1S/C13H24N2O/c1-2-15(10-11-5-3-6-11)13(16)12-7-4-8-14-9-12/h11-12,14H,2-10H2,1H3/t12-/m0/s1. The molecule has 0 spiro atoms. The van der Waals surface area contributed by atoms with Crippen LogP contribution < -0.4 is 5.32 Å². The van der Waals surface area contributed by atoms with Crippen LogP contribution in [0.3, 0.4) is 0 Å². The Bertz CT molecular complexity index is 232. The molecule has 1 aliphatic heterocycles. The zero-order chi connectivity index (χ0) is 11.4. The van der Waals surface area contributed by atoms with Gasteiger partial charge in [0.05, 0.1) is 5.92 Å². The molecule has 0 aromatic rings. The second-order valence-corrected chi connectivity index (χ2v) is 5.22. The van der Waals surface area contributed by atoms with Crippen molar-refractivity contribution in [3.63, 3.8) is 0 Å². The first-order chi connectivity index (χ1) is 7.81. The van der Waals surface area contributed by atoms with E-state index >= 15 is 0 Å². The maximum Gasteiger partial charge on any atom is 0.226 e. The van der Waals surface area contributed by atoms with Crippen molar-refractivity contribution < 1.29 is 4.79 Å². The highest BCUT2D eigenvalue weighted by molar-refractivity contribution is 5.79. The highest BCUT2D eigenvalue weighted by Gasteiger charge is 2.28. The third kappa shape index (κ3) is 2.76. The minimum absolute atomic E-state index is 0.244. The van der Waals surface area contributed by atoms with Gasteiger partial charge in [-0.3, -0.25) is 4.79 Å². The Morgan fingerprint density at radius 3 is 2.62 bits per heavy atom. The van der Waals surface area contributed by atoms with E-state index in [9.17, 15) is 4.79 Å². The first-order valence-electron chi connectivity index (χ1n) is 6.80. The molecule has 1 amide bonds. The van der Waals surface area contributed by atoms with Crippen LogP contribution in [0.25, 0.3) is 0 Å². The Balaban J connectivity index is 1.83. The van der Waals surface area contributed by atoms with Crippen molar-refractivity contribution in [2.75, 3.05) is 26.2 Å². The lowest BCUT2D eigenvalue weighted by Crippen LogP contribution is -2.45. The highest BCUT2D eigenvalue weighted by atomic mass is 16.2. The molecule has 1 N–H and O–H groups in total. The lowest BCUT2D eigenvalue weighted by molar-refractivity contribution is -0.136. The highest BCUT2D eigenvalue weighted by Crippen LogP contribution is 2.27. The van der Waals surface area contributed by atoms with Gasteiger partial charge in [-0.1, -0.05) is 6.42 Å². The summed E-state index contributed by atoms with van der Waals surface area (Å²) in [6.45, 7) is 5.96. The summed E-state index contributed by atoms with van der Waals surface area (Å²) in [6.07, 6.45) is 6.24. The second-order valence-electron chi connectivity index (χ2n) is 5.22. The number of carbonyl (C=O) groups excluding carboxylic acids is 1. The molecule has 0 radical (unpaired) electrons. The average Bonchev–Trinajstić information content (AvgIpc) is 2.28. The maximum atomic E-state index is 12.3. The molecule has 1 saturated carbocycles.